The van der Waals surface area contributed by atoms with E-state index in [1.807, 2.05) is 13.0 Å². The Bertz CT molecular complexity index is 218. The molecule has 1 amide bonds. The Labute approximate surface area is 65.4 Å². The van der Waals surface area contributed by atoms with Gasteiger partial charge in [0.1, 0.15) is 0 Å². The summed E-state index contributed by atoms with van der Waals surface area (Å²) in [6.45, 7) is 1.91. The second-order valence-electron chi connectivity index (χ2n) is 2.10. The lowest BCUT2D eigenvalue weighted by Crippen LogP contribution is -1.97. The average molecular weight is 155 g/mol. The molecular formula is C7H9NOS. The molecule has 1 aliphatic rings. The van der Waals surface area contributed by atoms with Crippen LogP contribution >= 0.6 is 12.6 Å². The molecule has 0 aromatic carbocycles. The predicted octanol–water partition coefficient (Wildman–Crippen LogP) is 1.23. The minimum atomic E-state index is -0.0443. The monoisotopic (exact) mass is 155 g/mol. The summed E-state index contributed by atoms with van der Waals surface area (Å²) < 4.78 is 0. The number of amides is 1. The van der Waals surface area contributed by atoms with Crippen molar-refractivity contribution in [2.45, 2.75) is 13.3 Å². The number of hydrogen-bond donors (Lipinski definition) is 1. The normalized spacial score (nSPS) is 22.0. The van der Waals surface area contributed by atoms with E-state index in [0.717, 1.165) is 11.3 Å². The molecule has 0 aromatic rings. The molecule has 0 spiro atoms. The van der Waals surface area contributed by atoms with Crippen LogP contribution in [0.2, 0.25) is 0 Å². The summed E-state index contributed by atoms with van der Waals surface area (Å²) in [5.41, 5.74) is 1.86. The average Bonchev–Trinajstić information content (AvgIpc) is 2.30. The molecule has 3 heteroatoms. The molecule has 1 heterocycles. The minimum Gasteiger partial charge on any atom is -0.272 e. The Kier molecular flexibility index (Phi) is 2.27. The Morgan fingerprint density at radius 2 is 2.50 bits per heavy atom. The molecule has 0 saturated heterocycles. The standard InChI is InChI=1S/C7H9NOS/c1-2-5-3-7(9)8-6(5)4-10/h2,10H,3-4H2,1H3. The van der Waals surface area contributed by atoms with E-state index in [0.29, 0.717) is 12.2 Å². The van der Waals surface area contributed by atoms with E-state index in [1.54, 1.807) is 0 Å². The van der Waals surface area contributed by atoms with Crippen molar-refractivity contribution in [1.29, 1.82) is 0 Å². The van der Waals surface area contributed by atoms with Gasteiger partial charge in [-0.25, -0.2) is 4.99 Å². The van der Waals surface area contributed by atoms with Crippen molar-refractivity contribution in [3.8, 4) is 0 Å². The van der Waals surface area contributed by atoms with E-state index >= 15 is 0 Å². The molecule has 0 atom stereocenters. The van der Waals surface area contributed by atoms with Crippen molar-refractivity contribution in [3.05, 3.63) is 11.6 Å². The number of aliphatic imine (C=N–C) groups is 1. The first-order valence-corrected chi connectivity index (χ1v) is 3.78. The second kappa shape index (κ2) is 3.01. The van der Waals surface area contributed by atoms with Gasteiger partial charge in [0.2, 0.25) is 5.91 Å². The van der Waals surface area contributed by atoms with E-state index in [-0.39, 0.29) is 5.91 Å². The topological polar surface area (TPSA) is 29.4 Å². The Morgan fingerprint density at radius 3 is 2.90 bits per heavy atom. The maximum atomic E-state index is 10.7. The maximum Gasteiger partial charge on any atom is 0.250 e. The molecule has 0 radical (unpaired) electrons. The van der Waals surface area contributed by atoms with Crippen LogP contribution in [0.3, 0.4) is 0 Å². The summed E-state index contributed by atoms with van der Waals surface area (Å²) in [6.07, 6.45) is 2.38. The Balaban J connectivity index is 2.85. The first kappa shape index (κ1) is 7.54. The molecule has 1 aliphatic heterocycles. The quantitative estimate of drug-likeness (QED) is 0.567. The van der Waals surface area contributed by atoms with E-state index in [2.05, 4.69) is 17.6 Å². The fourth-order valence-corrected chi connectivity index (χ4v) is 1.21. The van der Waals surface area contributed by atoms with E-state index in [4.69, 9.17) is 0 Å². The number of hydrogen-bond acceptors (Lipinski definition) is 2. The van der Waals surface area contributed by atoms with Gasteiger partial charge < -0.3 is 0 Å². The van der Waals surface area contributed by atoms with Gasteiger partial charge in [0.15, 0.2) is 0 Å². The molecule has 0 aromatic heterocycles. The number of allylic oxidation sites excluding steroid dienone is 1. The van der Waals surface area contributed by atoms with Crippen molar-refractivity contribution in [2.24, 2.45) is 4.99 Å². The van der Waals surface area contributed by atoms with Crippen molar-refractivity contribution in [3.63, 3.8) is 0 Å². The molecule has 2 nitrogen and oxygen atoms in total. The molecule has 0 unspecified atom stereocenters. The van der Waals surface area contributed by atoms with Crippen molar-refractivity contribution < 1.29 is 4.79 Å². The predicted molar refractivity (Wildman–Crippen MR) is 44.7 cm³/mol. The van der Waals surface area contributed by atoms with Crippen LogP contribution in [-0.4, -0.2) is 17.4 Å². The molecule has 10 heavy (non-hydrogen) atoms. The lowest BCUT2D eigenvalue weighted by molar-refractivity contribution is -0.116. The maximum absolute atomic E-state index is 10.7. The molecule has 0 N–H and O–H groups in total. The minimum absolute atomic E-state index is 0.0443. The van der Waals surface area contributed by atoms with Crippen LogP contribution in [0.25, 0.3) is 0 Å². The zero-order chi connectivity index (χ0) is 7.56. The van der Waals surface area contributed by atoms with Crippen LogP contribution in [0.4, 0.5) is 0 Å². The summed E-state index contributed by atoms with van der Waals surface area (Å²) in [5, 5.41) is 0. The second-order valence-corrected chi connectivity index (χ2v) is 2.42. The summed E-state index contributed by atoms with van der Waals surface area (Å²) in [6, 6.07) is 0. The first-order valence-electron chi connectivity index (χ1n) is 3.14. The van der Waals surface area contributed by atoms with Gasteiger partial charge in [-0.15, -0.1) is 0 Å². The fraction of sp³-hybridized carbons (Fsp3) is 0.429. The van der Waals surface area contributed by atoms with Crippen LogP contribution in [0.15, 0.2) is 16.6 Å². The zero-order valence-corrected chi connectivity index (χ0v) is 6.69. The third-order valence-electron chi connectivity index (χ3n) is 1.47. The molecule has 0 bridgehead atoms. The van der Waals surface area contributed by atoms with Gasteiger partial charge in [-0.3, -0.25) is 4.79 Å². The molecule has 54 valence electrons. The summed E-state index contributed by atoms with van der Waals surface area (Å²) in [5.74, 6) is 0.517. The van der Waals surface area contributed by atoms with Crippen molar-refractivity contribution in [2.75, 3.05) is 5.75 Å². The van der Waals surface area contributed by atoms with Crippen LogP contribution in [0, 0.1) is 0 Å². The first-order chi connectivity index (χ1) is 4.77. The summed E-state index contributed by atoms with van der Waals surface area (Å²) >= 11 is 4.05. The van der Waals surface area contributed by atoms with Gasteiger partial charge in [0.05, 0.1) is 12.1 Å². The molecule has 0 fully saturated rings. The van der Waals surface area contributed by atoms with E-state index < -0.39 is 0 Å². The third kappa shape index (κ3) is 1.29. The zero-order valence-electron chi connectivity index (χ0n) is 5.79. The van der Waals surface area contributed by atoms with Gasteiger partial charge in [0, 0.05) is 5.75 Å². The smallest absolute Gasteiger partial charge is 0.250 e. The summed E-state index contributed by atoms with van der Waals surface area (Å²) in [4.78, 5) is 14.5. The molecule has 0 saturated carbocycles. The van der Waals surface area contributed by atoms with E-state index in [9.17, 15) is 4.79 Å². The SMILES string of the molecule is CC=C1CC(=O)N=C1CS. The van der Waals surface area contributed by atoms with Gasteiger partial charge in [-0.2, -0.15) is 12.6 Å². The number of nitrogens with zero attached hydrogens (tertiary/aromatic N) is 1. The number of thiol groups is 1. The Hall–Kier alpha value is -0.570. The number of carbonyl (C=O) groups is 1. The number of rotatable bonds is 1. The van der Waals surface area contributed by atoms with Crippen molar-refractivity contribution >= 4 is 24.2 Å². The summed E-state index contributed by atoms with van der Waals surface area (Å²) in [7, 11) is 0. The molecule has 0 aliphatic carbocycles. The van der Waals surface area contributed by atoms with Gasteiger partial charge >= 0.3 is 0 Å². The largest absolute Gasteiger partial charge is 0.272 e. The van der Waals surface area contributed by atoms with Crippen LogP contribution in [0.1, 0.15) is 13.3 Å². The lowest BCUT2D eigenvalue weighted by atomic mass is 10.1. The lowest BCUT2D eigenvalue weighted by Gasteiger charge is -1.93. The van der Waals surface area contributed by atoms with E-state index in [1.165, 1.54) is 0 Å². The van der Waals surface area contributed by atoms with Crippen LogP contribution < -0.4 is 0 Å². The molecular weight excluding hydrogens is 146 g/mol. The van der Waals surface area contributed by atoms with Gasteiger partial charge in [0.25, 0.3) is 0 Å². The highest BCUT2D eigenvalue weighted by molar-refractivity contribution is 7.81. The van der Waals surface area contributed by atoms with Gasteiger partial charge in [-0.1, -0.05) is 6.08 Å². The van der Waals surface area contributed by atoms with Crippen LogP contribution in [-0.2, 0) is 4.79 Å². The molecule has 1 rings (SSSR count). The highest BCUT2D eigenvalue weighted by atomic mass is 32.1. The Morgan fingerprint density at radius 1 is 1.80 bits per heavy atom. The third-order valence-corrected chi connectivity index (χ3v) is 1.77. The highest BCUT2D eigenvalue weighted by Crippen LogP contribution is 2.14. The van der Waals surface area contributed by atoms with Crippen LogP contribution in [0.5, 0.6) is 0 Å². The number of carbonyl (C=O) groups excluding carboxylic acids is 1. The van der Waals surface area contributed by atoms with Gasteiger partial charge in [-0.05, 0) is 12.5 Å². The van der Waals surface area contributed by atoms with Crippen molar-refractivity contribution in [1.82, 2.24) is 0 Å². The highest BCUT2D eigenvalue weighted by Gasteiger charge is 2.17. The fourth-order valence-electron chi connectivity index (χ4n) is 0.932.